The molecule has 2 aromatic heterocycles. The molecule has 0 aliphatic heterocycles. The first-order valence-electron chi connectivity index (χ1n) is 10.6. The molecule has 2 heterocycles. The summed E-state index contributed by atoms with van der Waals surface area (Å²) in [7, 11) is 1.60. The number of nitrogens with zero attached hydrogens (tertiary/aromatic N) is 2. The highest BCUT2D eigenvalue weighted by atomic mass is 32.2. The van der Waals surface area contributed by atoms with Gasteiger partial charge in [0.2, 0.25) is 5.91 Å². The maximum atomic E-state index is 13.4. The summed E-state index contributed by atoms with van der Waals surface area (Å²) in [6, 6.07) is 6.83. The molecule has 3 aromatic rings. The lowest BCUT2D eigenvalue weighted by Crippen LogP contribution is -2.26. The number of fused-ring (bicyclic) bond motifs is 3. The summed E-state index contributed by atoms with van der Waals surface area (Å²) < 4.78 is 6.82. The second-order valence-corrected chi connectivity index (χ2v) is 9.73. The normalized spacial score (nSPS) is 13.2. The van der Waals surface area contributed by atoms with Crippen LogP contribution in [-0.2, 0) is 28.9 Å². The molecule has 0 spiro atoms. The van der Waals surface area contributed by atoms with Crippen LogP contribution in [0, 0.1) is 0 Å². The van der Waals surface area contributed by atoms with Gasteiger partial charge in [0.15, 0.2) is 10.9 Å². The van der Waals surface area contributed by atoms with Crippen LogP contribution in [-0.4, -0.2) is 40.7 Å². The molecule has 0 atom stereocenters. The number of Topliss-reactive ketones (excluding diaryl/α,β-unsaturated/α-hetero) is 1. The van der Waals surface area contributed by atoms with Gasteiger partial charge in [0.1, 0.15) is 4.83 Å². The fraction of sp³-hybridized carbons (Fsp3) is 0.391. The molecule has 0 bridgehead atoms. The van der Waals surface area contributed by atoms with Gasteiger partial charge in [0, 0.05) is 23.2 Å². The number of thioether (sulfide) groups is 1. The number of nitrogens with one attached hydrogen (secondary N) is 1. The number of aryl methyl sites for hydroxylation is 2. The molecule has 1 aromatic carbocycles. The number of ketones is 1. The predicted molar refractivity (Wildman–Crippen MR) is 128 cm³/mol. The average Bonchev–Trinajstić information content (AvgIpc) is 3.16. The molecule has 0 fully saturated rings. The number of hydrogen-bond donors (Lipinski definition) is 1. The Kier molecular flexibility index (Phi) is 7.07. The van der Waals surface area contributed by atoms with Crippen LogP contribution in [0.5, 0.6) is 0 Å². The Labute approximate surface area is 194 Å². The topological polar surface area (TPSA) is 90.3 Å². The van der Waals surface area contributed by atoms with Crippen molar-refractivity contribution in [1.29, 1.82) is 0 Å². The fourth-order valence-corrected chi connectivity index (χ4v) is 5.98. The Morgan fingerprint density at radius 2 is 2.09 bits per heavy atom. The van der Waals surface area contributed by atoms with Gasteiger partial charge in [-0.15, -0.1) is 11.3 Å². The molecule has 4 rings (SSSR count). The Morgan fingerprint density at radius 3 is 2.88 bits per heavy atom. The minimum atomic E-state index is -0.228. The average molecular weight is 472 g/mol. The van der Waals surface area contributed by atoms with Crippen LogP contribution in [0.1, 0.15) is 40.6 Å². The van der Waals surface area contributed by atoms with E-state index in [9.17, 15) is 14.4 Å². The molecule has 9 heteroatoms. The van der Waals surface area contributed by atoms with Gasteiger partial charge in [-0.05, 0) is 50.3 Å². The van der Waals surface area contributed by atoms with Crippen molar-refractivity contribution in [2.24, 2.45) is 0 Å². The van der Waals surface area contributed by atoms with Crippen molar-refractivity contribution in [3.8, 4) is 0 Å². The largest absolute Gasteiger partial charge is 0.383 e. The standard InChI is InChI=1S/C23H25N3O4S2/c1-14(27)15-6-5-7-16(12-15)24-19(28)13-31-23-25-21-20(22(29)26(23)10-11-30-2)17-8-3-4-9-18(17)32-21/h5-7,12H,3-4,8-11,13H2,1-2H3,(H,24,28). The zero-order valence-electron chi connectivity index (χ0n) is 18.1. The van der Waals surface area contributed by atoms with E-state index in [-0.39, 0.29) is 23.0 Å². The quantitative estimate of drug-likeness (QED) is 0.304. The second-order valence-electron chi connectivity index (χ2n) is 7.71. The SMILES string of the molecule is COCCn1c(SCC(=O)Nc2cccc(C(C)=O)c2)nc2sc3c(c2c1=O)CCCC3. The van der Waals surface area contributed by atoms with E-state index in [2.05, 4.69) is 5.32 Å². The monoisotopic (exact) mass is 471 g/mol. The Morgan fingerprint density at radius 1 is 1.28 bits per heavy atom. The van der Waals surface area contributed by atoms with E-state index >= 15 is 0 Å². The molecule has 0 saturated carbocycles. The Bertz CT molecular complexity index is 1230. The van der Waals surface area contributed by atoms with E-state index in [0.717, 1.165) is 41.5 Å². The lowest BCUT2D eigenvalue weighted by Gasteiger charge is -2.13. The molecule has 32 heavy (non-hydrogen) atoms. The van der Waals surface area contributed by atoms with Crippen molar-refractivity contribution in [1.82, 2.24) is 9.55 Å². The summed E-state index contributed by atoms with van der Waals surface area (Å²) in [6.07, 6.45) is 4.16. The summed E-state index contributed by atoms with van der Waals surface area (Å²) in [4.78, 5) is 44.3. The summed E-state index contributed by atoms with van der Waals surface area (Å²) in [6.45, 7) is 2.25. The van der Waals surface area contributed by atoms with Gasteiger partial charge in [0.05, 0.1) is 24.3 Å². The van der Waals surface area contributed by atoms with Gasteiger partial charge in [-0.1, -0.05) is 23.9 Å². The molecule has 0 saturated heterocycles. The first-order chi connectivity index (χ1) is 15.5. The number of thiophene rings is 1. The molecule has 7 nitrogen and oxygen atoms in total. The van der Waals surface area contributed by atoms with Crippen molar-refractivity contribution in [3.63, 3.8) is 0 Å². The number of carbonyl (C=O) groups is 2. The number of methoxy groups -OCH3 is 1. The first kappa shape index (κ1) is 22.7. The zero-order valence-corrected chi connectivity index (χ0v) is 19.7. The Hall–Kier alpha value is -2.49. The van der Waals surface area contributed by atoms with E-state index in [1.54, 1.807) is 47.3 Å². The lowest BCUT2D eigenvalue weighted by atomic mass is 9.97. The summed E-state index contributed by atoms with van der Waals surface area (Å²) in [5.41, 5.74) is 2.20. The molecule has 1 aliphatic carbocycles. The molecule has 1 aliphatic rings. The number of aromatic nitrogens is 2. The first-order valence-corrected chi connectivity index (χ1v) is 12.4. The van der Waals surface area contributed by atoms with Crippen molar-refractivity contribution in [2.75, 3.05) is 24.8 Å². The van der Waals surface area contributed by atoms with E-state index in [0.29, 0.717) is 29.6 Å². The van der Waals surface area contributed by atoms with Crippen LogP contribution in [0.25, 0.3) is 10.2 Å². The van der Waals surface area contributed by atoms with Crippen molar-refractivity contribution in [2.45, 2.75) is 44.3 Å². The molecule has 168 valence electrons. The third kappa shape index (κ3) is 4.79. The molecule has 0 radical (unpaired) electrons. The predicted octanol–water partition coefficient (Wildman–Crippen LogP) is 3.92. The van der Waals surface area contributed by atoms with E-state index in [1.165, 1.54) is 23.6 Å². The number of carbonyl (C=O) groups excluding carboxylic acids is 2. The van der Waals surface area contributed by atoms with E-state index < -0.39 is 0 Å². The summed E-state index contributed by atoms with van der Waals surface area (Å²) in [5.74, 6) is -0.192. The molecule has 0 unspecified atom stereocenters. The minimum Gasteiger partial charge on any atom is -0.383 e. The van der Waals surface area contributed by atoms with Crippen LogP contribution >= 0.6 is 23.1 Å². The van der Waals surface area contributed by atoms with Gasteiger partial charge in [-0.25, -0.2) is 4.98 Å². The number of rotatable bonds is 8. The fourth-order valence-electron chi connectivity index (χ4n) is 3.85. The number of benzene rings is 1. The van der Waals surface area contributed by atoms with Gasteiger partial charge < -0.3 is 10.1 Å². The maximum absolute atomic E-state index is 13.4. The second kappa shape index (κ2) is 9.97. The highest BCUT2D eigenvalue weighted by molar-refractivity contribution is 7.99. The summed E-state index contributed by atoms with van der Waals surface area (Å²) >= 11 is 2.83. The molecular formula is C23H25N3O4S2. The summed E-state index contributed by atoms with van der Waals surface area (Å²) in [5, 5.41) is 4.06. The molecular weight excluding hydrogens is 446 g/mol. The molecule has 1 amide bonds. The number of hydrogen-bond acceptors (Lipinski definition) is 7. The maximum Gasteiger partial charge on any atom is 0.263 e. The van der Waals surface area contributed by atoms with Gasteiger partial charge in [0.25, 0.3) is 5.56 Å². The van der Waals surface area contributed by atoms with Crippen LogP contribution < -0.4 is 10.9 Å². The number of anilines is 1. The zero-order chi connectivity index (χ0) is 22.7. The number of amides is 1. The van der Waals surface area contributed by atoms with Crippen molar-refractivity contribution in [3.05, 3.63) is 50.6 Å². The highest BCUT2D eigenvalue weighted by Crippen LogP contribution is 2.34. The van der Waals surface area contributed by atoms with E-state index in [4.69, 9.17) is 9.72 Å². The van der Waals surface area contributed by atoms with Crippen LogP contribution in [0.4, 0.5) is 5.69 Å². The van der Waals surface area contributed by atoms with Gasteiger partial charge in [-0.3, -0.25) is 19.0 Å². The van der Waals surface area contributed by atoms with E-state index in [1.807, 2.05) is 0 Å². The highest BCUT2D eigenvalue weighted by Gasteiger charge is 2.22. The van der Waals surface area contributed by atoms with Gasteiger partial charge in [-0.2, -0.15) is 0 Å². The van der Waals surface area contributed by atoms with Crippen molar-refractivity contribution < 1.29 is 14.3 Å². The minimum absolute atomic E-state index is 0.0523. The lowest BCUT2D eigenvalue weighted by molar-refractivity contribution is -0.113. The van der Waals surface area contributed by atoms with Crippen LogP contribution in [0.15, 0.2) is 34.2 Å². The number of ether oxygens (including phenoxy) is 1. The Balaban J connectivity index is 1.57. The van der Waals surface area contributed by atoms with Crippen molar-refractivity contribution >= 4 is 50.7 Å². The smallest absolute Gasteiger partial charge is 0.263 e. The van der Waals surface area contributed by atoms with Crippen LogP contribution in [0.2, 0.25) is 0 Å². The third-order valence-corrected chi connectivity index (χ3v) is 7.61. The van der Waals surface area contributed by atoms with Crippen LogP contribution in [0.3, 0.4) is 0 Å². The third-order valence-electron chi connectivity index (χ3n) is 5.44. The molecule has 1 N–H and O–H groups in total. The van der Waals surface area contributed by atoms with Gasteiger partial charge >= 0.3 is 0 Å².